The molecule has 0 radical (unpaired) electrons. The zero-order valence-electron chi connectivity index (χ0n) is 15.5. The van der Waals surface area contributed by atoms with E-state index in [1.165, 1.54) is 12.8 Å². The van der Waals surface area contributed by atoms with Crippen molar-refractivity contribution in [2.45, 2.75) is 51.1 Å². The highest BCUT2D eigenvalue weighted by Crippen LogP contribution is 2.35. The average molecular weight is 346 g/mol. The number of hydrogen-bond acceptors (Lipinski definition) is 5. The molecule has 3 aliphatic rings. The lowest BCUT2D eigenvalue weighted by Crippen LogP contribution is -2.60. The topological polar surface area (TPSA) is 68.4 Å². The van der Waals surface area contributed by atoms with Crippen molar-refractivity contribution in [3.05, 3.63) is 11.6 Å². The number of likely N-dealkylation sites (tertiary alicyclic amines) is 1. The van der Waals surface area contributed by atoms with Gasteiger partial charge in [-0.1, -0.05) is 0 Å². The second kappa shape index (κ2) is 6.68. The van der Waals surface area contributed by atoms with Gasteiger partial charge in [-0.2, -0.15) is 5.10 Å². The lowest BCUT2D eigenvalue weighted by atomic mass is 9.86. The molecule has 3 heterocycles. The van der Waals surface area contributed by atoms with E-state index >= 15 is 0 Å². The standard InChI is InChI=1S/C18H30N6O/c1-14-19-16(21-20-14)12-23-10-9-22(2)18(13-23)6-5-17(25)24(8-7-18)11-15-3-4-15/h15H,3-13H2,1-2H3,(H,19,20,21)/t18-/m0/s1. The molecule has 2 saturated heterocycles. The molecule has 1 atom stereocenters. The highest BCUT2D eigenvalue weighted by Gasteiger charge is 2.42. The fourth-order valence-corrected chi connectivity index (χ4v) is 4.37. The van der Waals surface area contributed by atoms with Crippen molar-refractivity contribution in [2.24, 2.45) is 5.92 Å². The monoisotopic (exact) mass is 346 g/mol. The predicted octanol–water partition coefficient (Wildman–Crippen LogP) is 1.02. The average Bonchev–Trinajstić information content (AvgIpc) is 3.34. The van der Waals surface area contributed by atoms with Crippen LogP contribution in [0.1, 0.15) is 43.8 Å². The molecule has 7 heteroatoms. The van der Waals surface area contributed by atoms with Gasteiger partial charge < -0.3 is 4.90 Å². The number of aryl methyl sites for hydroxylation is 1. The minimum absolute atomic E-state index is 0.109. The van der Waals surface area contributed by atoms with Gasteiger partial charge in [0.05, 0.1) is 6.54 Å². The van der Waals surface area contributed by atoms with E-state index in [9.17, 15) is 4.79 Å². The summed E-state index contributed by atoms with van der Waals surface area (Å²) in [6, 6.07) is 0. The number of carbonyl (C=O) groups excluding carboxylic acids is 1. The maximum Gasteiger partial charge on any atom is 0.222 e. The van der Waals surface area contributed by atoms with Gasteiger partial charge in [0.2, 0.25) is 5.91 Å². The van der Waals surface area contributed by atoms with Crippen LogP contribution in [0.2, 0.25) is 0 Å². The maximum atomic E-state index is 12.6. The number of amides is 1. The van der Waals surface area contributed by atoms with E-state index in [1.807, 2.05) is 6.92 Å². The second-order valence-corrected chi connectivity index (χ2v) is 8.23. The van der Waals surface area contributed by atoms with E-state index in [4.69, 9.17) is 0 Å². The summed E-state index contributed by atoms with van der Waals surface area (Å²) >= 11 is 0. The molecule has 4 rings (SSSR count). The molecule has 1 aliphatic carbocycles. The number of aromatic amines is 1. The Morgan fingerprint density at radius 2 is 2.08 bits per heavy atom. The predicted molar refractivity (Wildman–Crippen MR) is 94.9 cm³/mol. The van der Waals surface area contributed by atoms with Gasteiger partial charge in [-0.05, 0) is 45.6 Å². The van der Waals surface area contributed by atoms with Crippen LogP contribution in [-0.2, 0) is 11.3 Å². The highest BCUT2D eigenvalue weighted by atomic mass is 16.2. The Morgan fingerprint density at radius 1 is 1.24 bits per heavy atom. The van der Waals surface area contributed by atoms with Crippen molar-refractivity contribution in [3.8, 4) is 0 Å². The summed E-state index contributed by atoms with van der Waals surface area (Å²) in [5.74, 6) is 2.87. The Kier molecular flexibility index (Phi) is 4.54. The van der Waals surface area contributed by atoms with Crippen LogP contribution in [0, 0.1) is 12.8 Å². The molecule has 1 amide bonds. The van der Waals surface area contributed by atoms with E-state index in [0.29, 0.717) is 12.3 Å². The number of piperazine rings is 1. The van der Waals surface area contributed by atoms with Crippen molar-refractivity contribution in [1.29, 1.82) is 0 Å². The molecule has 7 nitrogen and oxygen atoms in total. The molecule has 1 N–H and O–H groups in total. The summed E-state index contributed by atoms with van der Waals surface area (Å²) in [4.78, 5) is 24.1. The Labute approximate surface area is 149 Å². The quantitative estimate of drug-likeness (QED) is 0.882. The number of hydrogen-bond donors (Lipinski definition) is 1. The Balaban J connectivity index is 1.43. The molecule has 0 unspecified atom stereocenters. The van der Waals surface area contributed by atoms with Gasteiger partial charge in [-0.15, -0.1) is 0 Å². The third-order valence-corrected chi connectivity index (χ3v) is 6.27. The first-order valence-electron chi connectivity index (χ1n) is 9.63. The summed E-state index contributed by atoms with van der Waals surface area (Å²) in [7, 11) is 2.23. The van der Waals surface area contributed by atoms with E-state index in [-0.39, 0.29) is 5.54 Å². The zero-order valence-corrected chi connectivity index (χ0v) is 15.5. The van der Waals surface area contributed by atoms with Crippen LogP contribution in [0.4, 0.5) is 0 Å². The molecule has 138 valence electrons. The number of carbonyl (C=O) groups is 1. The largest absolute Gasteiger partial charge is 0.342 e. The number of nitrogens with one attached hydrogen (secondary N) is 1. The van der Waals surface area contributed by atoms with Gasteiger partial charge in [-0.3, -0.25) is 19.7 Å². The molecule has 0 bridgehead atoms. The number of aromatic nitrogens is 3. The van der Waals surface area contributed by atoms with Crippen molar-refractivity contribution in [1.82, 2.24) is 29.9 Å². The minimum atomic E-state index is 0.109. The summed E-state index contributed by atoms with van der Waals surface area (Å²) in [6.07, 6.45) is 5.33. The first-order valence-corrected chi connectivity index (χ1v) is 9.63. The molecule has 1 saturated carbocycles. The number of rotatable bonds is 4. The fourth-order valence-electron chi connectivity index (χ4n) is 4.37. The van der Waals surface area contributed by atoms with Crippen LogP contribution < -0.4 is 0 Å². The van der Waals surface area contributed by atoms with Gasteiger partial charge >= 0.3 is 0 Å². The van der Waals surface area contributed by atoms with Gasteiger partial charge in [0.25, 0.3) is 0 Å². The van der Waals surface area contributed by atoms with Gasteiger partial charge in [0, 0.05) is 44.7 Å². The van der Waals surface area contributed by atoms with Crippen molar-refractivity contribution in [2.75, 3.05) is 39.8 Å². The first kappa shape index (κ1) is 17.0. The van der Waals surface area contributed by atoms with Crippen LogP contribution in [0.3, 0.4) is 0 Å². The van der Waals surface area contributed by atoms with E-state index in [0.717, 1.165) is 69.7 Å². The van der Waals surface area contributed by atoms with Crippen LogP contribution >= 0.6 is 0 Å². The lowest BCUT2D eigenvalue weighted by Gasteiger charge is -2.49. The maximum absolute atomic E-state index is 12.6. The Morgan fingerprint density at radius 3 is 2.80 bits per heavy atom. The summed E-state index contributed by atoms with van der Waals surface area (Å²) in [5.41, 5.74) is 0.109. The van der Waals surface area contributed by atoms with Crippen molar-refractivity contribution < 1.29 is 4.79 Å². The van der Waals surface area contributed by atoms with Crippen LogP contribution in [0.5, 0.6) is 0 Å². The fraction of sp³-hybridized carbons (Fsp3) is 0.833. The second-order valence-electron chi connectivity index (χ2n) is 8.23. The molecule has 1 aromatic rings. The normalized spacial score (nSPS) is 29.4. The molecule has 1 aromatic heterocycles. The summed E-state index contributed by atoms with van der Waals surface area (Å²) in [6.45, 7) is 7.70. The SMILES string of the molecule is Cc1nc(CN2CCN(C)[C@]3(CCC(=O)N(CC4CC4)CC3)C2)n[nH]1. The van der Waals surface area contributed by atoms with E-state index < -0.39 is 0 Å². The highest BCUT2D eigenvalue weighted by molar-refractivity contribution is 5.76. The summed E-state index contributed by atoms with van der Waals surface area (Å²) < 4.78 is 0. The van der Waals surface area contributed by atoms with Gasteiger partial charge in [0.1, 0.15) is 5.82 Å². The number of H-pyrrole nitrogens is 1. The van der Waals surface area contributed by atoms with E-state index in [1.54, 1.807) is 0 Å². The molecule has 25 heavy (non-hydrogen) atoms. The summed E-state index contributed by atoms with van der Waals surface area (Å²) in [5, 5.41) is 7.23. The Bertz CT molecular complexity index is 627. The lowest BCUT2D eigenvalue weighted by molar-refractivity contribution is -0.131. The van der Waals surface area contributed by atoms with Crippen molar-refractivity contribution >= 4 is 5.91 Å². The molecule has 3 fully saturated rings. The third kappa shape index (κ3) is 3.72. The Hall–Kier alpha value is -1.47. The van der Waals surface area contributed by atoms with Gasteiger partial charge in [-0.25, -0.2) is 4.98 Å². The van der Waals surface area contributed by atoms with Crippen molar-refractivity contribution in [3.63, 3.8) is 0 Å². The zero-order chi connectivity index (χ0) is 17.4. The van der Waals surface area contributed by atoms with E-state index in [2.05, 4.69) is 36.9 Å². The minimum Gasteiger partial charge on any atom is -0.342 e. The molecule has 1 spiro atoms. The van der Waals surface area contributed by atoms with Crippen LogP contribution in [0.25, 0.3) is 0 Å². The molecular formula is C18H30N6O. The molecular weight excluding hydrogens is 316 g/mol. The smallest absolute Gasteiger partial charge is 0.222 e. The first-order chi connectivity index (χ1) is 12.0. The molecule has 0 aromatic carbocycles. The van der Waals surface area contributed by atoms with Gasteiger partial charge in [0.15, 0.2) is 5.82 Å². The number of nitrogens with zero attached hydrogens (tertiary/aromatic N) is 5. The molecule has 2 aliphatic heterocycles. The third-order valence-electron chi connectivity index (χ3n) is 6.27. The van der Waals surface area contributed by atoms with Crippen LogP contribution in [-0.4, -0.2) is 81.1 Å². The van der Waals surface area contributed by atoms with Crippen LogP contribution in [0.15, 0.2) is 0 Å². The number of likely N-dealkylation sites (N-methyl/N-ethyl adjacent to an activating group) is 1.